The number of fused-ring (bicyclic) bond motifs is 1. The van der Waals surface area contributed by atoms with Crippen LogP contribution < -0.4 is 5.32 Å². The fourth-order valence-electron chi connectivity index (χ4n) is 2.08. The highest BCUT2D eigenvalue weighted by molar-refractivity contribution is 7.99. The smallest absolute Gasteiger partial charge is 0.256 e. The van der Waals surface area contributed by atoms with Crippen molar-refractivity contribution < 1.29 is 9.90 Å². The summed E-state index contributed by atoms with van der Waals surface area (Å²) in [6.07, 6.45) is 0. The highest BCUT2D eigenvalue weighted by Gasteiger charge is 2.23. The summed E-state index contributed by atoms with van der Waals surface area (Å²) in [5.41, 5.74) is 1.73. The number of aliphatic hydroxyl groups excluding tert-OH is 1. The van der Waals surface area contributed by atoms with Crippen molar-refractivity contribution >= 4 is 40.7 Å². The largest absolute Gasteiger partial charge is 0.507 e. The molecule has 0 saturated heterocycles. The fraction of sp³-hybridized carbons (Fsp3) is 0.0625. The van der Waals surface area contributed by atoms with E-state index in [0.29, 0.717) is 27.6 Å². The third kappa shape index (κ3) is 2.91. The third-order valence-corrected chi connectivity index (χ3v) is 4.53. The second-order valence-electron chi connectivity index (χ2n) is 4.57. The van der Waals surface area contributed by atoms with Gasteiger partial charge in [0.2, 0.25) is 0 Å². The van der Waals surface area contributed by atoms with E-state index in [9.17, 15) is 9.90 Å². The van der Waals surface area contributed by atoms with Crippen molar-refractivity contribution in [3.05, 3.63) is 64.7 Å². The lowest BCUT2D eigenvalue weighted by atomic mass is 10.1. The minimum Gasteiger partial charge on any atom is -0.507 e. The standard InChI is InChI=1S/C16H12ClNO2S/c17-10-5-7-11(8-6-10)18-16(20)13-9-21-14-4-2-1-3-12(14)15(13)19/h1-8,19H,9H2,(H,18,20). The Hall–Kier alpha value is -1.91. The van der Waals surface area contributed by atoms with E-state index in [-0.39, 0.29) is 11.7 Å². The predicted octanol–water partition coefficient (Wildman–Crippen LogP) is 4.35. The van der Waals surface area contributed by atoms with Crippen LogP contribution in [0.2, 0.25) is 5.02 Å². The van der Waals surface area contributed by atoms with Crippen molar-refractivity contribution in [2.75, 3.05) is 11.1 Å². The summed E-state index contributed by atoms with van der Waals surface area (Å²) < 4.78 is 0. The Balaban J connectivity index is 1.86. The van der Waals surface area contributed by atoms with Crippen LogP contribution >= 0.6 is 23.4 Å². The van der Waals surface area contributed by atoms with Gasteiger partial charge in [0.05, 0.1) is 5.57 Å². The molecule has 0 unspecified atom stereocenters. The molecular weight excluding hydrogens is 306 g/mol. The first-order valence-electron chi connectivity index (χ1n) is 6.36. The van der Waals surface area contributed by atoms with Gasteiger partial charge in [0.1, 0.15) is 5.76 Å². The van der Waals surface area contributed by atoms with Gasteiger partial charge in [0.25, 0.3) is 5.91 Å². The van der Waals surface area contributed by atoms with E-state index in [1.54, 1.807) is 36.0 Å². The van der Waals surface area contributed by atoms with Crippen molar-refractivity contribution in [1.82, 2.24) is 0 Å². The third-order valence-electron chi connectivity index (χ3n) is 3.18. The molecule has 2 aromatic carbocycles. The Morgan fingerprint density at radius 1 is 1.14 bits per heavy atom. The molecule has 1 heterocycles. The number of hydrogen-bond acceptors (Lipinski definition) is 3. The Kier molecular flexibility index (Phi) is 3.90. The quantitative estimate of drug-likeness (QED) is 0.865. The summed E-state index contributed by atoms with van der Waals surface area (Å²) in [5, 5.41) is 13.7. The number of nitrogens with one attached hydrogen (secondary N) is 1. The molecular formula is C16H12ClNO2S. The van der Waals surface area contributed by atoms with E-state index in [1.807, 2.05) is 24.3 Å². The fourth-order valence-corrected chi connectivity index (χ4v) is 3.27. The molecule has 2 N–H and O–H groups in total. The summed E-state index contributed by atoms with van der Waals surface area (Å²) in [5.74, 6) is 0.204. The molecule has 0 fully saturated rings. The van der Waals surface area contributed by atoms with Gasteiger partial charge >= 0.3 is 0 Å². The Labute approximate surface area is 131 Å². The molecule has 3 rings (SSSR count). The molecule has 0 bridgehead atoms. The van der Waals surface area contributed by atoms with Gasteiger partial charge in [0.15, 0.2) is 0 Å². The first-order valence-corrected chi connectivity index (χ1v) is 7.73. The van der Waals surface area contributed by atoms with E-state index in [4.69, 9.17) is 11.6 Å². The molecule has 5 heteroatoms. The van der Waals surface area contributed by atoms with Crippen LogP contribution in [0.15, 0.2) is 59.0 Å². The van der Waals surface area contributed by atoms with Gasteiger partial charge in [-0.1, -0.05) is 29.8 Å². The number of rotatable bonds is 2. The maximum absolute atomic E-state index is 12.3. The zero-order chi connectivity index (χ0) is 14.8. The zero-order valence-corrected chi connectivity index (χ0v) is 12.5. The minimum absolute atomic E-state index is 0.0517. The number of carbonyl (C=O) groups is 1. The van der Waals surface area contributed by atoms with Crippen molar-refractivity contribution in [3.63, 3.8) is 0 Å². The van der Waals surface area contributed by atoms with Crippen LogP contribution in [-0.4, -0.2) is 16.8 Å². The molecule has 0 spiro atoms. The highest BCUT2D eigenvalue weighted by Crippen LogP contribution is 2.36. The monoisotopic (exact) mass is 317 g/mol. The van der Waals surface area contributed by atoms with Gasteiger partial charge in [-0.15, -0.1) is 11.8 Å². The van der Waals surface area contributed by atoms with Crippen molar-refractivity contribution in [2.24, 2.45) is 0 Å². The van der Waals surface area contributed by atoms with Crippen molar-refractivity contribution in [2.45, 2.75) is 4.90 Å². The summed E-state index contributed by atoms with van der Waals surface area (Å²) in [6, 6.07) is 14.4. The lowest BCUT2D eigenvalue weighted by Gasteiger charge is -2.18. The van der Waals surface area contributed by atoms with E-state index in [0.717, 1.165) is 4.90 Å². The highest BCUT2D eigenvalue weighted by atomic mass is 35.5. The summed E-state index contributed by atoms with van der Waals surface area (Å²) in [6.45, 7) is 0. The predicted molar refractivity (Wildman–Crippen MR) is 86.8 cm³/mol. The topological polar surface area (TPSA) is 49.3 Å². The number of aliphatic hydroxyl groups is 1. The summed E-state index contributed by atoms with van der Waals surface area (Å²) >= 11 is 7.35. The molecule has 0 atom stereocenters. The number of carbonyl (C=O) groups excluding carboxylic acids is 1. The van der Waals surface area contributed by atoms with Gasteiger partial charge in [-0.05, 0) is 30.3 Å². The molecule has 0 radical (unpaired) electrons. The summed E-state index contributed by atoms with van der Waals surface area (Å²) in [7, 11) is 0. The Morgan fingerprint density at radius 2 is 1.86 bits per heavy atom. The minimum atomic E-state index is -0.295. The van der Waals surface area contributed by atoms with Gasteiger partial charge < -0.3 is 10.4 Å². The molecule has 1 aliphatic heterocycles. The van der Waals surface area contributed by atoms with Gasteiger partial charge in [-0.25, -0.2) is 0 Å². The molecule has 0 aliphatic carbocycles. The van der Waals surface area contributed by atoms with Crippen LogP contribution in [0.4, 0.5) is 5.69 Å². The average Bonchev–Trinajstić information content (AvgIpc) is 2.50. The maximum atomic E-state index is 12.3. The van der Waals surface area contributed by atoms with Crippen LogP contribution in [0.25, 0.3) is 5.76 Å². The first kappa shape index (κ1) is 14.0. The molecule has 0 aromatic heterocycles. The van der Waals surface area contributed by atoms with Crippen molar-refractivity contribution in [3.8, 4) is 0 Å². The zero-order valence-electron chi connectivity index (χ0n) is 11.0. The average molecular weight is 318 g/mol. The first-order chi connectivity index (χ1) is 10.1. The van der Waals surface area contributed by atoms with E-state index < -0.39 is 0 Å². The van der Waals surface area contributed by atoms with Crippen molar-refractivity contribution in [1.29, 1.82) is 0 Å². The van der Waals surface area contributed by atoms with Crippen LogP contribution in [-0.2, 0) is 4.79 Å². The molecule has 21 heavy (non-hydrogen) atoms. The lowest BCUT2D eigenvalue weighted by molar-refractivity contribution is -0.112. The lowest BCUT2D eigenvalue weighted by Crippen LogP contribution is -2.19. The molecule has 1 amide bonds. The molecule has 3 nitrogen and oxygen atoms in total. The number of benzene rings is 2. The molecule has 106 valence electrons. The van der Waals surface area contributed by atoms with Crippen LogP contribution in [0, 0.1) is 0 Å². The molecule has 1 aliphatic rings. The van der Waals surface area contributed by atoms with Gasteiger partial charge in [0, 0.05) is 26.9 Å². The second kappa shape index (κ2) is 5.84. The van der Waals surface area contributed by atoms with E-state index >= 15 is 0 Å². The number of amides is 1. The molecule has 2 aromatic rings. The van der Waals surface area contributed by atoms with E-state index in [1.165, 1.54) is 0 Å². The SMILES string of the molecule is O=C(Nc1ccc(Cl)cc1)C1=C(O)c2ccccc2SC1. The van der Waals surface area contributed by atoms with E-state index in [2.05, 4.69) is 5.32 Å². The van der Waals surface area contributed by atoms with Crippen LogP contribution in [0.5, 0.6) is 0 Å². The normalized spacial score (nSPS) is 13.8. The number of thioether (sulfide) groups is 1. The number of hydrogen-bond donors (Lipinski definition) is 2. The van der Waals surface area contributed by atoms with Crippen LogP contribution in [0.3, 0.4) is 0 Å². The second-order valence-corrected chi connectivity index (χ2v) is 6.03. The number of halogens is 1. The van der Waals surface area contributed by atoms with Gasteiger partial charge in [-0.2, -0.15) is 0 Å². The van der Waals surface area contributed by atoms with Crippen LogP contribution in [0.1, 0.15) is 5.56 Å². The number of anilines is 1. The maximum Gasteiger partial charge on any atom is 0.256 e. The Morgan fingerprint density at radius 3 is 2.62 bits per heavy atom. The Bertz CT molecular complexity index is 725. The molecule has 0 saturated carbocycles. The van der Waals surface area contributed by atoms with Gasteiger partial charge in [-0.3, -0.25) is 4.79 Å². The summed E-state index contributed by atoms with van der Waals surface area (Å²) in [4.78, 5) is 13.3.